The summed E-state index contributed by atoms with van der Waals surface area (Å²) in [5, 5.41) is 0.135. The minimum Gasteiger partial charge on any atom is -0.339 e. The standard InChI is InChI=1S/C16H21N3O2S/c1-12-4-5-15(13(2)8-12)14-6-7-19(9-14)22(20,21)16-10-18(3)11-17-16/h4-5,8,10-11,14H,6-7,9H2,1-3H3. The highest BCUT2D eigenvalue weighted by molar-refractivity contribution is 7.89. The Morgan fingerprint density at radius 2 is 2.05 bits per heavy atom. The van der Waals surface area contributed by atoms with E-state index in [9.17, 15) is 8.42 Å². The van der Waals surface area contributed by atoms with E-state index in [0.29, 0.717) is 13.1 Å². The van der Waals surface area contributed by atoms with Crippen LogP contribution in [0, 0.1) is 13.8 Å². The third-order valence-corrected chi connectivity index (χ3v) is 6.05. The lowest BCUT2D eigenvalue weighted by molar-refractivity contribution is 0.470. The van der Waals surface area contributed by atoms with Crippen LogP contribution >= 0.6 is 0 Å². The van der Waals surface area contributed by atoms with Crippen LogP contribution in [-0.4, -0.2) is 35.4 Å². The van der Waals surface area contributed by atoms with Gasteiger partial charge in [-0.3, -0.25) is 0 Å². The van der Waals surface area contributed by atoms with Crippen LogP contribution in [0.2, 0.25) is 0 Å². The molecule has 1 aromatic heterocycles. The zero-order valence-corrected chi connectivity index (χ0v) is 14.0. The molecule has 1 unspecified atom stereocenters. The molecule has 1 aliphatic heterocycles. The molecular formula is C16H21N3O2S. The van der Waals surface area contributed by atoms with Gasteiger partial charge in [0.05, 0.1) is 6.33 Å². The second-order valence-corrected chi connectivity index (χ2v) is 7.97. The Kier molecular flexibility index (Phi) is 3.82. The highest BCUT2D eigenvalue weighted by atomic mass is 32.2. The van der Waals surface area contributed by atoms with Crippen molar-refractivity contribution in [3.63, 3.8) is 0 Å². The van der Waals surface area contributed by atoms with E-state index < -0.39 is 10.0 Å². The fourth-order valence-electron chi connectivity index (χ4n) is 3.14. The Labute approximate surface area is 131 Å². The summed E-state index contributed by atoms with van der Waals surface area (Å²) in [7, 11) is -1.71. The average Bonchev–Trinajstić information content (AvgIpc) is 3.08. The Morgan fingerprint density at radius 3 is 2.68 bits per heavy atom. The number of aryl methyl sites for hydroxylation is 3. The molecule has 0 radical (unpaired) electrons. The largest absolute Gasteiger partial charge is 0.339 e. The molecule has 5 nitrogen and oxygen atoms in total. The zero-order chi connectivity index (χ0) is 15.9. The second kappa shape index (κ2) is 5.52. The Morgan fingerprint density at radius 1 is 1.27 bits per heavy atom. The normalized spacial score (nSPS) is 19.7. The maximum Gasteiger partial charge on any atom is 0.262 e. The summed E-state index contributed by atoms with van der Waals surface area (Å²) in [4.78, 5) is 3.99. The lowest BCUT2D eigenvalue weighted by atomic mass is 9.93. The summed E-state index contributed by atoms with van der Waals surface area (Å²) < 4.78 is 28.4. The van der Waals surface area contributed by atoms with Crippen LogP contribution in [0.4, 0.5) is 0 Å². The fraction of sp³-hybridized carbons (Fsp3) is 0.438. The number of benzene rings is 1. The van der Waals surface area contributed by atoms with Gasteiger partial charge in [0.25, 0.3) is 10.0 Å². The number of nitrogens with zero attached hydrogens (tertiary/aromatic N) is 3. The predicted molar refractivity (Wildman–Crippen MR) is 85.2 cm³/mol. The van der Waals surface area contributed by atoms with E-state index in [1.54, 1.807) is 22.1 Å². The molecule has 1 saturated heterocycles. The number of rotatable bonds is 3. The Hall–Kier alpha value is -1.66. The van der Waals surface area contributed by atoms with Gasteiger partial charge in [0.1, 0.15) is 0 Å². The summed E-state index contributed by atoms with van der Waals surface area (Å²) >= 11 is 0. The van der Waals surface area contributed by atoms with Gasteiger partial charge >= 0.3 is 0 Å². The average molecular weight is 319 g/mol. The minimum absolute atomic E-state index is 0.135. The smallest absolute Gasteiger partial charge is 0.262 e. The molecule has 0 bridgehead atoms. The van der Waals surface area contributed by atoms with Crippen LogP contribution in [0.5, 0.6) is 0 Å². The van der Waals surface area contributed by atoms with Crippen molar-refractivity contribution in [2.45, 2.75) is 31.2 Å². The predicted octanol–water partition coefficient (Wildman–Crippen LogP) is 2.22. The van der Waals surface area contributed by atoms with Crippen molar-refractivity contribution in [3.8, 4) is 0 Å². The first-order valence-electron chi connectivity index (χ1n) is 7.43. The van der Waals surface area contributed by atoms with Crippen LogP contribution in [0.3, 0.4) is 0 Å². The van der Waals surface area contributed by atoms with E-state index >= 15 is 0 Å². The van der Waals surface area contributed by atoms with Gasteiger partial charge in [0, 0.05) is 26.3 Å². The van der Waals surface area contributed by atoms with Gasteiger partial charge in [0.15, 0.2) is 5.03 Å². The molecule has 6 heteroatoms. The lowest BCUT2D eigenvalue weighted by Crippen LogP contribution is -2.29. The van der Waals surface area contributed by atoms with Crippen molar-refractivity contribution in [1.29, 1.82) is 0 Å². The first-order valence-corrected chi connectivity index (χ1v) is 8.87. The van der Waals surface area contributed by atoms with E-state index in [1.807, 2.05) is 0 Å². The highest BCUT2D eigenvalue weighted by Gasteiger charge is 2.34. The van der Waals surface area contributed by atoms with E-state index in [0.717, 1.165) is 6.42 Å². The van der Waals surface area contributed by atoms with Gasteiger partial charge in [-0.2, -0.15) is 4.31 Å². The van der Waals surface area contributed by atoms with E-state index in [2.05, 4.69) is 37.0 Å². The minimum atomic E-state index is -3.48. The van der Waals surface area contributed by atoms with Crippen molar-refractivity contribution in [2.24, 2.45) is 7.05 Å². The zero-order valence-electron chi connectivity index (χ0n) is 13.2. The number of hydrogen-bond donors (Lipinski definition) is 0. The van der Waals surface area contributed by atoms with Crippen molar-refractivity contribution in [2.75, 3.05) is 13.1 Å². The molecule has 1 fully saturated rings. The number of hydrogen-bond acceptors (Lipinski definition) is 3. The van der Waals surface area contributed by atoms with Gasteiger partial charge in [-0.25, -0.2) is 13.4 Å². The Balaban J connectivity index is 1.83. The summed E-state index contributed by atoms with van der Waals surface area (Å²) in [5.74, 6) is 0.263. The van der Waals surface area contributed by atoms with Crippen molar-refractivity contribution in [1.82, 2.24) is 13.9 Å². The molecule has 0 saturated carbocycles. The Bertz CT molecular complexity index is 795. The monoisotopic (exact) mass is 319 g/mol. The van der Waals surface area contributed by atoms with Crippen LogP contribution in [0.15, 0.2) is 35.7 Å². The van der Waals surface area contributed by atoms with Gasteiger partial charge < -0.3 is 4.57 Å². The van der Waals surface area contributed by atoms with E-state index in [-0.39, 0.29) is 10.9 Å². The van der Waals surface area contributed by atoms with Crippen LogP contribution in [0.25, 0.3) is 0 Å². The maximum absolute atomic E-state index is 12.6. The molecule has 118 valence electrons. The summed E-state index contributed by atoms with van der Waals surface area (Å²) in [6, 6.07) is 6.38. The summed E-state index contributed by atoms with van der Waals surface area (Å²) in [6.45, 7) is 5.25. The fourth-order valence-corrected chi connectivity index (χ4v) is 4.60. The number of imidazole rings is 1. The van der Waals surface area contributed by atoms with Gasteiger partial charge in [-0.05, 0) is 37.3 Å². The van der Waals surface area contributed by atoms with Crippen LogP contribution in [0.1, 0.15) is 29.0 Å². The first kappa shape index (κ1) is 15.2. The van der Waals surface area contributed by atoms with Crippen molar-refractivity contribution in [3.05, 3.63) is 47.4 Å². The number of sulfonamides is 1. The molecule has 2 heterocycles. The maximum atomic E-state index is 12.6. The number of aromatic nitrogens is 2. The summed E-state index contributed by atoms with van der Waals surface area (Å²) in [5.41, 5.74) is 3.73. The summed E-state index contributed by atoms with van der Waals surface area (Å²) in [6.07, 6.45) is 3.93. The molecule has 1 aromatic carbocycles. The van der Waals surface area contributed by atoms with Crippen LogP contribution in [-0.2, 0) is 17.1 Å². The van der Waals surface area contributed by atoms with Gasteiger partial charge in [-0.1, -0.05) is 23.8 Å². The second-order valence-electron chi connectivity index (χ2n) is 6.09. The SMILES string of the molecule is Cc1ccc(C2CCN(S(=O)(=O)c3cn(C)cn3)C2)c(C)c1. The molecule has 0 aliphatic carbocycles. The quantitative estimate of drug-likeness (QED) is 0.871. The first-order chi connectivity index (χ1) is 10.4. The molecular weight excluding hydrogens is 298 g/mol. The molecule has 0 spiro atoms. The molecule has 22 heavy (non-hydrogen) atoms. The molecule has 0 amide bonds. The molecule has 1 atom stereocenters. The lowest BCUT2D eigenvalue weighted by Gasteiger charge is -2.16. The molecule has 1 aliphatic rings. The molecule has 0 N–H and O–H groups in total. The van der Waals surface area contributed by atoms with Crippen molar-refractivity contribution < 1.29 is 8.42 Å². The molecule has 2 aromatic rings. The third-order valence-electron chi connectivity index (χ3n) is 4.30. The molecule has 3 rings (SSSR count). The van der Waals surface area contributed by atoms with E-state index in [4.69, 9.17) is 0 Å². The van der Waals surface area contributed by atoms with Crippen molar-refractivity contribution >= 4 is 10.0 Å². The third kappa shape index (κ3) is 2.68. The van der Waals surface area contributed by atoms with Gasteiger partial charge in [-0.15, -0.1) is 0 Å². The highest BCUT2D eigenvalue weighted by Crippen LogP contribution is 2.32. The van der Waals surface area contributed by atoms with Gasteiger partial charge in [0.2, 0.25) is 0 Å². The van der Waals surface area contributed by atoms with E-state index in [1.165, 1.54) is 23.0 Å². The van der Waals surface area contributed by atoms with Crippen LogP contribution < -0.4 is 0 Å². The topological polar surface area (TPSA) is 55.2 Å².